The monoisotopic (exact) mass is 320 g/mol. The summed E-state index contributed by atoms with van der Waals surface area (Å²) in [6.07, 6.45) is 7.43. The second-order valence-electron chi connectivity index (χ2n) is 6.89. The zero-order chi connectivity index (χ0) is 15.1. The molecule has 2 saturated carbocycles. The van der Waals surface area contributed by atoms with Crippen LogP contribution in [0.3, 0.4) is 0 Å². The van der Waals surface area contributed by atoms with E-state index in [1.165, 1.54) is 32.1 Å². The third-order valence-electron chi connectivity index (χ3n) is 5.19. The average Bonchev–Trinajstić information content (AvgIpc) is 3.26. The van der Waals surface area contributed by atoms with Crippen molar-refractivity contribution in [1.29, 1.82) is 0 Å². The summed E-state index contributed by atoms with van der Waals surface area (Å²) >= 11 is 1.73. The van der Waals surface area contributed by atoms with Crippen LogP contribution in [0.4, 0.5) is 5.13 Å². The van der Waals surface area contributed by atoms with E-state index < -0.39 is 0 Å². The molecule has 1 aromatic rings. The number of hydrogen-bond donors (Lipinski definition) is 1. The number of amides is 1. The molecule has 0 radical (unpaired) electrons. The highest BCUT2D eigenvalue weighted by molar-refractivity contribution is 7.13. The number of hydrogen-bond acceptors (Lipinski definition) is 5. The minimum Gasteiger partial charge on any atom is -0.351 e. The zero-order valence-corrected chi connectivity index (χ0v) is 13.9. The Morgan fingerprint density at radius 3 is 3.00 bits per heavy atom. The summed E-state index contributed by atoms with van der Waals surface area (Å²) < 4.78 is 0. The molecule has 1 aliphatic heterocycles. The highest BCUT2D eigenvalue weighted by atomic mass is 32.1. The molecule has 1 N–H and O–H groups in total. The molecule has 1 saturated heterocycles. The minimum atomic E-state index is 0.175. The summed E-state index contributed by atoms with van der Waals surface area (Å²) in [5.74, 6) is 0.175. The fourth-order valence-electron chi connectivity index (χ4n) is 3.80. The molecule has 120 valence electrons. The van der Waals surface area contributed by atoms with Crippen LogP contribution in [0.1, 0.15) is 44.2 Å². The van der Waals surface area contributed by atoms with Gasteiger partial charge in [0.05, 0.1) is 12.2 Å². The van der Waals surface area contributed by atoms with Crippen LogP contribution >= 0.6 is 11.3 Å². The maximum atomic E-state index is 12.0. The van der Waals surface area contributed by atoms with Crippen molar-refractivity contribution >= 4 is 22.4 Å². The number of rotatable bonds is 4. The summed E-state index contributed by atoms with van der Waals surface area (Å²) in [5, 5.41) is 6.46. The van der Waals surface area contributed by atoms with E-state index in [1.807, 2.05) is 0 Å². The maximum Gasteiger partial charge on any atom is 0.234 e. The SMILES string of the molecule is CN(c1nc(CN2CC(=O)N[C@H]3CCCC[C@H]32)cs1)C1CC1. The number of piperazine rings is 1. The first-order valence-electron chi connectivity index (χ1n) is 8.41. The standard InChI is InChI=1S/C16H24N4OS/c1-19(12-6-7-12)16-17-11(10-22-16)8-20-9-15(21)18-13-4-2-3-5-14(13)20/h10,12-14H,2-9H2,1H3,(H,18,21)/t13-,14+/m0/s1. The van der Waals surface area contributed by atoms with Crippen molar-refractivity contribution in [3.05, 3.63) is 11.1 Å². The molecule has 5 nitrogen and oxygen atoms in total. The predicted molar refractivity (Wildman–Crippen MR) is 88.1 cm³/mol. The van der Waals surface area contributed by atoms with E-state index in [0.717, 1.165) is 23.8 Å². The second kappa shape index (κ2) is 5.81. The van der Waals surface area contributed by atoms with Gasteiger partial charge in [-0.05, 0) is 25.7 Å². The molecule has 1 amide bonds. The summed E-state index contributed by atoms with van der Waals surface area (Å²) in [5.41, 5.74) is 1.12. The molecule has 2 atom stereocenters. The van der Waals surface area contributed by atoms with E-state index >= 15 is 0 Å². The van der Waals surface area contributed by atoms with Crippen LogP contribution in [-0.4, -0.2) is 47.5 Å². The van der Waals surface area contributed by atoms with Gasteiger partial charge >= 0.3 is 0 Å². The first-order valence-corrected chi connectivity index (χ1v) is 9.29. The van der Waals surface area contributed by atoms with Gasteiger partial charge in [0.1, 0.15) is 0 Å². The number of aromatic nitrogens is 1. The number of fused-ring (bicyclic) bond motifs is 1. The van der Waals surface area contributed by atoms with Gasteiger partial charge in [-0.15, -0.1) is 11.3 Å². The Morgan fingerprint density at radius 1 is 1.36 bits per heavy atom. The fourth-order valence-corrected chi connectivity index (χ4v) is 4.65. The second-order valence-corrected chi connectivity index (χ2v) is 7.73. The lowest BCUT2D eigenvalue weighted by molar-refractivity contribution is -0.128. The lowest BCUT2D eigenvalue weighted by atomic mass is 9.87. The van der Waals surface area contributed by atoms with Gasteiger partial charge in [0, 0.05) is 37.1 Å². The quantitative estimate of drug-likeness (QED) is 0.922. The summed E-state index contributed by atoms with van der Waals surface area (Å²) in [7, 11) is 2.14. The summed E-state index contributed by atoms with van der Waals surface area (Å²) in [6, 6.07) is 1.54. The Bertz CT molecular complexity index is 556. The van der Waals surface area contributed by atoms with E-state index in [-0.39, 0.29) is 5.91 Å². The Labute approximate surface area is 135 Å². The van der Waals surface area contributed by atoms with E-state index in [9.17, 15) is 4.79 Å². The van der Waals surface area contributed by atoms with Gasteiger partial charge in [-0.25, -0.2) is 4.98 Å². The van der Waals surface area contributed by atoms with Crippen LogP contribution < -0.4 is 10.2 Å². The smallest absolute Gasteiger partial charge is 0.234 e. The molecular weight excluding hydrogens is 296 g/mol. The highest BCUT2D eigenvalue weighted by Crippen LogP contribution is 2.33. The van der Waals surface area contributed by atoms with Crippen LogP contribution in [0.15, 0.2) is 5.38 Å². The van der Waals surface area contributed by atoms with Gasteiger partial charge in [0.25, 0.3) is 0 Å². The van der Waals surface area contributed by atoms with Crippen molar-refractivity contribution < 1.29 is 4.79 Å². The normalized spacial score (nSPS) is 29.0. The van der Waals surface area contributed by atoms with E-state index in [1.54, 1.807) is 11.3 Å². The molecule has 0 aromatic carbocycles. The molecule has 3 fully saturated rings. The molecule has 4 rings (SSSR count). The number of carbonyl (C=O) groups is 1. The molecule has 1 aromatic heterocycles. The van der Waals surface area contributed by atoms with E-state index in [2.05, 4.69) is 27.5 Å². The Morgan fingerprint density at radius 2 is 2.18 bits per heavy atom. The minimum absolute atomic E-state index is 0.175. The first-order chi connectivity index (χ1) is 10.7. The lowest BCUT2D eigenvalue weighted by Gasteiger charge is -2.43. The highest BCUT2D eigenvalue weighted by Gasteiger charge is 2.36. The summed E-state index contributed by atoms with van der Waals surface area (Å²) in [6.45, 7) is 1.33. The number of nitrogens with zero attached hydrogens (tertiary/aromatic N) is 3. The van der Waals surface area contributed by atoms with Gasteiger partial charge in [-0.1, -0.05) is 12.8 Å². The number of anilines is 1. The third-order valence-corrected chi connectivity index (χ3v) is 6.17. The average molecular weight is 320 g/mol. The van der Waals surface area contributed by atoms with Crippen molar-refractivity contribution in [2.45, 2.75) is 63.2 Å². The zero-order valence-electron chi connectivity index (χ0n) is 13.1. The Balaban J connectivity index is 1.45. The van der Waals surface area contributed by atoms with Crippen LogP contribution in [0, 0.1) is 0 Å². The van der Waals surface area contributed by atoms with Crippen LogP contribution in [-0.2, 0) is 11.3 Å². The largest absolute Gasteiger partial charge is 0.351 e. The molecular formula is C16H24N4OS. The van der Waals surface area contributed by atoms with Crippen LogP contribution in [0.5, 0.6) is 0 Å². The Hall–Kier alpha value is -1.14. The molecule has 6 heteroatoms. The van der Waals surface area contributed by atoms with Crippen molar-refractivity contribution in [3.63, 3.8) is 0 Å². The Kier molecular flexibility index (Phi) is 3.82. The van der Waals surface area contributed by atoms with E-state index in [0.29, 0.717) is 24.7 Å². The van der Waals surface area contributed by atoms with Crippen molar-refractivity contribution in [3.8, 4) is 0 Å². The molecule has 0 bridgehead atoms. The molecule has 0 spiro atoms. The molecule has 22 heavy (non-hydrogen) atoms. The van der Waals surface area contributed by atoms with E-state index in [4.69, 9.17) is 4.98 Å². The first kappa shape index (κ1) is 14.5. The lowest BCUT2D eigenvalue weighted by Crippen LogP contribution is -2.61. The van der Waals surface area contributed by atoms with Crippen molar-refractivity contribution in [2.75, 3.05) is 18.5 Å². The van der Waals surface area contributed by atoms with Gasteiger partial charge in [0.15, 0.2) is 5.13 Å². The predicted octanol–water partition coefficient (Wildman–Crippen LogP) is 1.98. The van der Waals surface area contributed by atoms with Gasteiger partial charge in [0.2, 0.25) is 5.91 Å². The van der Waals surface area contributed by atoms with Crippen molar-refractivity contribution in [1.82, 2.24) is 15.2 Å². The number of carbonyl (C=O) groups excluding carboxylic acids is 1. The van der Waals surface area contributed by atoms with Gasteiger partial charge < -0.3 is 10.2 Å². The molecule has 2 heterocycles. The maximum absolute atomic E-state index is 12.0. The van der Waals surface area contributed by atoms with Crippen molar-refractivity contribution in [2.24, 2.45) is 0 Å². The van der Waals surface area contributed by atoms with Gasteiger partial charge in [-0.3, -0.25) is 9.69 Å². The van der Waals surface area contributed by atoms with Crippen LogP contribution in [0.25, 0.3) is 0 Å². The fraction of sp³-hybridized carbons (Fsp3) is 0.750. The third kappa shape index (κ3) is 2.86. The molecule has 2 aliphatic carbocycles. The molecule has 0 unspecified atom stereocenters. The topological polar surface area (TPSA) is 48.5 Å². The summed E-state index contributed by atoms with van der Waals surface area (Å²) in [4.78, 5) is 21.4. The molecule has 3 aliphatic rings. The van der Waals surface area contributed by atoms with Gasteiger partial charge in [-0.2, -0.15) is 0 Å². The number of nitrogens with one attached hydrogen (secondary N) is 1. The van der Waals surface area contributed by atoms with Crippen LogP contribution in [0.2, 0.25) is 0 Å². The number of thiazole rings is 1.